The molecule has 0 amide bonds. The maximum absolute atomic E-state index is 11.9. The van der Waals surface area contributed by atoms with Crippen molar-refractivity contribution in [2.45, 2.75) is 44.6 Å². The molecule has 2 atom stereocenters. The van der Waals surface area contributed by atoms with Gasteiger partial charge in [0.1, 0.15) is 0 Å². The van der Waals surface area contributed by atoms with Crippen LogP contribution in [0.25, 0.3) is 0 Å². The molecule has 17 heavy (non-hydrogen) atoms. The van der Waals surface area contributed by atoms with Crippen molar-refractivity contribution < 1.29 is 8.42 Å². The highest BCUT2D eigenvalue weighted by Gasteiger charge is 2.26. The van der Waals surface area contributed by atoms with E-state index >= 15 is 0 Å². The zero-order valence-electron chi connectivity index (χ0n) is 10.3. The first-order chi connectivity index (χ1) is 8.08. The molecule has 3 N–H and O–H groups in total. The zero-order chi connectivity index (χ0) is 12.3. The molecule has 1 heterocycles. The molecule has 1 saturated heterocycles. The van der Waals surface area contributed by atoms with E-state index in [1.807, 2.05) is 0 Å². The van der Waals surface area contributed by atoms with E-state index in [1.165, 1.54) is 0 Å². The predicted molar refractivity (Wildman–Crippen MR) is 67.7 cm³/mol. The van der Waals surface area contributed by atoms with E-state index in [-0.39, 0.29) is 6.04 Å². The Balaban J connectivity index is 1.80. The third-order valence-electron chi connectivity index (χ3n) is 3.78. The summed E-state index contributed by atoms with van der Waals surface area (Å²) in [5.41, 5.74) is 5.90. The third kappa shape index (κ3) is 3.64. The highest BCUT2D eigenvalue weighted by molar-refractivity contribution is 7.87. The lowest BCUT2D eigenvalue weighted by atomic mass is 9.86. The molecule has 2 unspecified atom stereocenters. The van der Waals surface area contributed by atoms with Crippen LogP contribution in [0.5, 0.6) is 0 Å². The fourth-order valence-corrected chi connectivity index (χ4v) is 4.13. The topological polar surface area (TPSA) is 75.4 Å². The molecule has 2 fully saturated rings. The van der Waals surface area contributed by atoms with E-state index in [0.29, 0.717) is 25.6 Å². The van der Waals surface area contributed by atoms with Crippen molar-refractivity contribution in [2.24, 2.45) is 11.7 Å². The van der Waals surface area contributed by atoms with Gasteiger partial charge in [0.2, 0.25) is 0 Å². The molecule has 0 radical (unpaired) electrons. The Hall–Kier alpha value is -0.170. The number of hydrogen-bond acceptors (Lipinski definition) is 3. The van der Waals surface area contributed by atoms with Gasteiger partial charge in [0.05, 0.1) is 0 Å². The lowest BCUT2D eigenvalue weighted by Gasteiger charge is -2.27. The van der Waals surface area contributed by atoms with Gasteiger partial charge in [-0.15, -0.1) is 0 Å². The van der Waals surface area contributed by atoms with E-state index in [1.54, 1.807) is 4.31 Å². The molecule has 0 aromatic heterocycles. The second-order valence-electron chi connectivity index (χ2n) is 5.25. The Kier molecular flexibility index (Phi) is 4.41. The minimum absolute atomic E-state index is 0.255. The number of nitrogens with two attached hydrogens (primary N) is 1. The summed E-state index contributed by atoms with van der Waals surface area (Å²) in [5.74, 6) is 0.413. The van der Waals surface area contributed by atoms with Gasteiger partial charge in [0.25, 0.3) is 10.2 Å². The van der Waals surface area contributed by atoms with Crippen LogP contribution in [0.3, 0.4) is 0 Å². The van der Waals surface area contributed by atoms with Crippen LogP contribution in [-0.2, 0) is 10.2 Å². The number of nitrogens with one attached hydrogen (secondary N) is 1. The van der Waals surface area contributed by atoms with E-state index < -0.39 is 10.2 Å². The predicted octanol–water partition coefficient (Wildman–Crippen LogP) is 0.434. The van der Waals surface area contributed by atoms with Crippen LogP contribution in [-0.4, -0.2) is 38.4 Å². The first kappa shape index (κ1) is 13.3. The summed E-state index contributed by atoms with van der Waals surface area (Å²) in [6.45, 7) is 1.88. The molecule has 1 aliphatic carbocycles. The Morgan fingerprint density at radius 2 is 1.88 bits per heavy atom. The Bertz CT molecular complexity index is 339. The van der Waals surface area contributed by atoms with Gasteiger partial charge in [-0.1, -0.05) is 6.42 Å². The summed E-state index contributed by atoms with van der Waals surface area (Å²) in [7, 11) is -3.23. The molecule has 6 heteroatoms. The smallest absolute Gasteiger partial charge is 0.279 e. The summed E-state index contributed by atoms with van der Waals surface area (Å²) in [4.78, 5) is 0. The number of nitrogens with zero attached hydrogens (tertiary/aromatic N) is 1. The quantitative estimate of drug-likeness (QED) is 0.771. The Labute approximate surface area is 104 Å². The summed E-state index contributed by atoms with van der Waals surface area (Å²) < 4.78 is 28.2. The molecule has 0 aromatic carbocycles. The van der Waals surface area contributed by atoms with Crippen molar-refractivity contribution in [1.82, 2.24) is 9.03 Å². The van der Waals surface area contributed by atoms with Gasteiger partial charge in [-0.3, -0.25) is 0 Å². The second kappa shape index (κ2) is 5.65. The first-order valence-corrected chi connectivity index (χ1v) is 8.02. The van der Waals surface area contributed by atoms with Crippen molar-refractivity contribution >= 4 is 10.2 Å². The summed E-state index contributed by atoms with van der Waals surface area (Å²) in [6, 6.07) is 0.255. The lowest BCUT2D eigenvalue weighted by molar-refractivity contribution is 0.319. The van der Waals surface area contributed by atoms with Crippen LogP contribution >= 0.6 is 0 Å². The molecule has 0 bridgehead atoms. The van der Waals surface area contributed by atoms with Crippen molar-refractivity contribution in [1.29, 1.82) is 0 Å². The van der Waals surface area contributed by atoms with Crippen LogP contribution in [0.15, 0.2) is 0 Å². The van der Waals surface area contributed by atoms with Gasteiger partial charge < -0.3 is 5.73 Å². The average Bonchev–Trinajstić information content (AvgIpc) is 2.81. The van der Waals surface area contributed by atoms with Gasteiger partial charge in [-0.2, -0.15) is 12.7 Å². The SMILES string of the molecule is NC1CCCC(CNS(=O)(=O)N2CCCC2)C1. The standard InChI is InChI=1S/C11H23N3O2S/c12-11-5-3-4-10(8-11)9-13-17(15,16)14-6-1-2-7-14/h10-11,13H,1-9,12H2. The Morgan fingerprint density at radius 3 is 2.53 bits per heavy atom. The molecule has 100 valence electrons. The summed E-state index contributed by atoms with van der Waals surface area (Å²) in [5, 5.41) is 0. The number of rotatable bonds is 4. The van der Waals surface area contributed by atoms with E-state index in [2.05, 4.69) is 4.72 Å². The van der Waals surface area contributed by atoms with Gasteiger partial charge in [0, 0.05) is 25.7 Å². The molecule has 5 nitrogen and oxygen atoms in total. The fraction of sp³-hybridized carbons (Fsp3) is 1.00. The van der Waals surface area contributed by atoms with Gasteiger partial charge >= 0.3 is 0 Å². The van der Waals surface area contributed by atoms with E-state index in [9.17, 15) is 8.42 Å². The summed E-state index contributed by atoms with van der Waals surface area (Å²) in [6.07, 6.45) is 6.20. The maximum Gasteiger partial charge on any atom is 0.279 e. The van der Waals surface area contributed by atoms with Crippen LogP contribution in [0.2, 0.25) is 0 Å². The first-order valence-electron chi connectivity index (χ1n) is 6.58. The average molecular weight is 261 g/mol. The zero-order valence-corrected chi connectivity index (χ0v) is 11.1. The Morgan fingerprint density at radius 1 is 1.18 bits per heavy atom. The largest absolute Gasteiger partial charge is 0.328 e. The highest BCUT2D eigenvalue weighted by Crippen LogP contribution is 2.22. The van der Waals surface area contributed by atoms with E-state index in [4.69, 9.17) is 5.73 Å². The third-order valence-corrected chi connectivity index (χ3v) is 5.36. The van der Waals surface area contributed by atoms with Gasteiger partial charge in [0.15, 0.2) is 0 Å². The van der Waals surface area contributed by atoms with Crippen LogP contribution in [0.4, 0.5) is 0 Å². The highest BCUT2D eigenvalue weighted by atomic mass is 32.2. The lowest BCUT2D eigenvalue weighted by Crippen LogP contribution is -2.42. The van der Waals surface area contributed by atoms with Crippen molar-refractivity contribution in [2.75, 3.05) is 19.6 Å². The molecule has 2 aliphatic rings. The fourth-order valence-electron chi connectivity index (χ4n) is 2.76. The van der Waals surface area contributed by atoms with E-state index in [0.717, 1.165) is 38.5 Å². The van der Waals surface area contributed by atoms with Gasteiger partial charge in [-0.05, 0) is 38.0 Å². The minimum Gasteiger partial charge on any atom is -0.328 e. The van der Waals surface area contributed by atoms with Crippen LogP contribution in [0, 0.1) is 5.92 Å². The molecule has 0 spiro atoms. The van der Waals surface area contributed by atoms with Crippen molar-refractivity contribution in [3.8, 4) is 0 Å². The normalized spacial score (nSPS) is 31.8. The van der Waals surface area contributed by atoms with Gasteiger partial charge in [-0.25, -0.2) is 4.72 Å². The van der Waals surface area contributed by atoms with Crippen molar-refractivity contribution in [3.63, 3.8) is 0 Å². The minimum atomic E-state index is -3.23. The molecular formula is C11H23N3O2S. The molecule has 1 saturated carbocycles. The molecular weight excluding hydrogens is 238 g/mol. The van der Waals surface area contributed by atoms with Crippen LogP contribution < -0.4 is 10.5 Å². The monoisotopic (exact) mass is 261 g/mol. The molecule has 0 aromatic rings. The maximum atomic E-state index is 11.9. The molecule has 2 rings (SSSR count). The summed E-state index contributed by atoms with van der Waals surface area (Å²) >= 11 is 0. The van der Waals surface area contributed by atoms with Crippen LogP contribution in [0.1, 0.15) is 38.5 Å². The second-order valence-corrected chi connectivity index (χ2v) is 7.01. The molecule has 1 aliphatic heterocycles. The van der Waals surface area contributed by atoms with Crippen molar-refractivity contribution in [3.05, 3.63) is 0 Å². The number of hydrogen-bond donors (Lipinski definition) is 2.